The van der Waals surface area contributed by atoms with E-state index in [1.807, 2.05) is 0 Å². The summed E-state index contributed by atoms with van der Waals surface area (Å²) in [5.41, 5.74) is 0. The molecule has 0 aromatic rings. The molecule has 0 aromatic heterocycles. The summed E-state index contributed by atoms with van der Waals surface area (Å²) in [6.07, 6.45) is 4.00. The van der Waals surface area contributed by atoms with Crippen LogP contribution in [0.15, 0.2) is 0 Å². The Hall–Kier alpha value is -0.0800. The third-order valence-electron chi connectivity index (χ3n) is 3.88. The molecule has 2 heteroatoms. The fraction of sp³-hybridized carbons (Fsp3) is 1.00. The van der Waals surface area contributed by atoms with E-state index in [1.165, 1.54) is 32.4 Å². The lowest BCUT2D eigenvalue weighted by atomic mass is 9.96. The van der Waals surface area contributed by atoms with E-state index in [2.05, 4.69) is 37.9 Å². The molecule has 0 amide bonds. The summed E-state index contributed by atoms with van der Waals surface area (Å²) in [7, 11) is 0. The largest absolute Gasteiger partial charge is 0.313 e. The summed E-state index contributed by atoms with van der Waals surface area (Å²) in [6, 6.07) is 1.37. The highest BCUT2D eigenvalue weighted by Gasteiger charge is 2.24. The van der Waals surface area contributed by atoms with Crippen molar-refractivity contribution in [2.45, 2.75) is 59.0 Å². The SMILES string of the molecule is CCNC(CC)C(C)N1CCC(C)CC1. The van der Waals surface area contributed by atoms with E-state index in [4.69, 9.17) is 0 Å². The molecule has 1 aliphatic heterocycles. The maximum atomic E-state index is 3.60. The second-order valence-electron chi connectivity index (χ2n) is 5.03. The van der Waals surface area contributed by atoms with Gasteiger partial charge in [0.05, 0.1) is 0 Å². The molecule has 1 saturated heterocycles. The lowest BCUT2D eigenvalue weighted by Crippen LogP contribution is -2.50. The number of likely N-dealkylation sites (N-methyl/N-ethyl adjacent to an activating group) is 1. The highest BCUT2D eigenvalue weighted by atomic mass is 15.2. The van der Waals surface area contributed by atoms with Crippen LogP contribution in [0.25, 0.3) is 0 Å². The van der Waals surface area contributed by atoms with Crippen molar-refractivity contribution in [3.05, 3.63) is 0 Å². The standard InChI is InChI=1S/C13H28N2/c1-5-13(14-6-2)12(4)15-9-7-11(3)8-10-15/h11-14H,5-10H2,1-4H3. The number of hydrogen-bond acceptors (Lipinski definition) is 2. The van der Waals surface area contributed by atoms with Gasteiger partial charge in [-0.25, -0.2) is 0 Å². The van der Waals surface area contributed by atoms with Crippen LogP contribution in [-0.2, 0) is 0 Å². The molecule has 15 heavy (non-hydrogen) atoms. The predicted molar refractivity (Wildman–Crippen MR) is 67.2 cm³/mol. The monoisotopic (exact) mass is 212 g/mol. The second-order valence-corrected chi connectivity index (χ2v) is 5.03. The Morgan fingerprint density at radius 3 is 2.33 bits per heavy atom. The molecule has 1 N–H and O–H groups in total. The molecule has 2 unspecified atom stereocenters. The minimum Gasteiger partial charge on any atom is -0.313 e. The van der Waals surface area contributed by atoms with Gasteiger partial charge in [-0.05, 0) is 51.7 Å². The normalized spacial score (nSPS) is 24.0. The maximum Gasteiger partial charge on any atom is 0.0220 e. The second kappa shape index (κ2) is 6.49. The quantitative estimate of drug-likeness (QED) is 0.753. The zero-order chi connectivity index (χ0) is 11.3. The first-order valence-corrected chi connectivity index (χ1v) is 6.66. The van der Waals surface area contributed by atoms with Crippen LogP contribution >= 0.6 is 0 Å². The molecule has 1 fully saturated rings. The molecular formula is C13H28N2. The van der Waals surface area contributed by atoms with Crippen LogP contribution in [0.5, 0.6) is 0 Å². The molecule has 0 spiro atoms. The van der Waals surface area contributed by atoms with Crippen molar-refractivity contribution in [3.63, 3.8) is 0 Å². The molecule has 0 aromatic carbocycles. The van der Waals surface area contributed by atoms with Gasteiger partial charge in [-0.15, -0.1) is 0 Å². The van der Waals surface area contributed by atoms with Gasteiger partial charge in [0.1, 0.15) is 0 Å². The van der Waals surface area contributed by atoms with Crippen molar-refractivity contribution in [2.24, 2.45) is 5.92 Å². The van der Waals surface area contributed by atoms with E-state index in [0.29, 0.717) is 12.1 Å². The first-order valence-electron chi connectivity index (χ1n) is 6.66. The first-order chi connectivity index (χ1) is 7.19. The van der Waals surface area contributed by atoms with Gasteiger partial charge < -0.3 is 5.32 Å². The van der Waals surface area contributed by atoms with Crippen LogP contribution in [0.4, 0.5) is 0 Å². The molecule has 1 heterocycles. The summed E-state index contributed by atoms with van der Waals surface area (Å²) < 4.78 is 0. The summed E-state index contributed by atoms with van der Waals surface area (Å²) in [6.45, 7) is 12.9. The number of hydrogen-bond donors (Lipinski definition) is 1. The number of nitrogens with zero attached hydrogens (tertiary/aromatic N) is 1. The predicted octanol–water partition coefficient (Wildman–Crippen LogP) is 2.49. The third-order valence-corrected chi connectivity index (χ3v) is 3.88. The van der Waals surface area contributed by atoms with Gasteiger partial charge in [0.2, 0.25) is 0 Å². The summed E-state index contributed by atoms with van der Waals surface area (Å²) >= 11 is 0. The summed E-state index contributed by atoms with van der Waals surface area (Å²) in [4.78, 5) is 2.66. The van der Waals surface area contributed by atoms with Crippen molar-refractivity contribution >= 4 is 0 Å². The van der Waals surface area contributed by atoms with Crippen LogP contribution in [0.2, 0.25) is 0 Å². The van der Waals surface area contributed by atoms with Gasteiger partial charge in [-0.3, -0.25) is 4.90 Å². The molecule has 0 aliphatic carbocycles. The van der Waals surface area contributed by atoms with E-state index < -0.39 is 0 Å². The summed E-state index contributed by atoms with van der Waals surface area (Å²) in [5, 5.41) is 3.60. The molecule has 90 valence electrons. The number of likely N-dealkylation sites (tertiary alicyclic amines) is 1. The van der Waals surface area contributed by atoms with Gasteiger partial charge in [0.15, 0.2) is 0 Å². The van der Waals surface area contributed by atoms with Crippen LogP contribution < -0.4 is 5.32 Å². The van der Waals surface area contributed by atoms with Gasteiger partial charge in [0.25, 0.3) is 0 Å². The number of rotatable bonds is 5. The molecule has 1 aliphatic rings. The van der Waals surface area contributed by atoms with Crippen LogP contribution in [0.1, 0.15) is 47.0 Å². The average molecular weight is 212 g/mol. The van der Waals surface area contributed by atoms with Gasteiger partial charge in [-0.2, -0.15) is 0 Å². The molecule has 0 radical (unpaired) electrons. The fourth-order valence-electron chi connectivity index (χ4n) is 2.61. The van der Waals surface area contributed by atoms with E-state index in [9.17, 15) is 0 Å². The minimum atomic E-state index is 0.670. The number of piperidine rings is 1. The van der Waals surface area contributed by atoms with Crippen LogP contribution in [0, 0.1) is 5.92 Å². The third kappa shape index (κ3) is 3.76. The molecule has 2 nitrogen and oxygen atoms in total. The highest BCUT2D eigenvalue weighted by Crippen LogP contribution is 2.19. The van der Waals surface area contributed by atoms with Gasteiger partial charge in [0, 0.05) is 12.1 Å². The van der Waals surface area contributed by atoms with Gasteiger partial charge in [-0.1, -0.05) is 20.8 Å². The Kier molecular flexibility index (Phi) is 5.62. The van der Waals surface area contributed by atoms with Crippen LogP contribution in [-0.4, -0.2) is 36.6 Å². The lowest BCUT2D eigenvalue weighted by molar-refractivity contribution is 0.119. The maximum absolute atomic E-state index is 3.60. The van der Waals surface area contributed by atoms with Crippen molar-refractivity contribution in [3.8, 4) is 0 Å². The van der Waals surface area contributed by atoms with Crippen molar-refractivity contribution in [1.29, 1.82) is 0 Å². The molecule has 2 atom stereocenters. The van der Waals surface area contributed by atoms with E-state index in [1.54, 1.807) is 0 Å². The molecular weight excluding hydrogens is 184 g/mol. The summed E-state index contributed by atoms with van der Waals surface area (Å²) in [5.74, 6) is 0.938. The van der Waals surface area contributed by atoms with E-state index >= 15 is 0 Å². The minimum absolute atomic E-state index is 0.670. The highest BCUT2D eigenvalue weighted by molar-refractivity contribution is 4.82. The molecule has 0 bridgehead atoms. The first kappa shape index (κ1) is 13.0. The Morgan fingerprint density at radius 2 is 1.87 bits per heavy atom. The Morgan fingerprint density at radius 1 is 1.27 bits per heavy atom. The Bertz CT molecular complexity index is 162. The lowest BCUT2D eigenvalue weighted by Gasteiger charge is -2.38. The molecule has 1 rings (SSSR count). The zero-order valence-electron chi connectivity index (χ0n) is 10.9. The Labute approximate surface area is 95.4 Å². The van der Waals surface area contributed by atoms with Crippen molar-refractivity contribution in [1.82, 2.24) is 10.2 Å². The fourth-order valence-corrected chi connectivity index (χ4v) is 2.61. The molecule has 0 saturated carbocycles. The van der Waals surface area contributed by atoms with Crippen molar-refractivity contribution in [2.75, 3.05) is 19.6 Å². The zero-order valence-corrected chi connectivity index (χ0v) is 10.9. The average Bonchev–Trinajstić information content (AvgIpc) is 2.26. The van der Waals surface area contributed by atoms with Crippen molar-refractivity contribution < 1.29 is 0 Å². The van der Waals surface area contributed by atoms with E-state index in [-0.39, 0.29) is 0 Å². The smallest absolute Gasteiger partial charge is 0.0220 e. The number of nitrogens with one attached hydrogen (secondary N) is 1. The van der Waals surface area contributed by atoms with Crippen LogP contribution in [0.3, 0.4) is 0 Å². The Balaban J connectivity index is 2.40. The topological polar surface area (TPSA) is 15.3 Å². The van der Waals surface area contributed by atoms with E-state index in [0.717, 1.165) is 12.5 Å². The van der Waals surface area contributed by atoms with Gasteiger partial charge >= 0.3 is 0 Å².